The average molecular weight is 365 g/mol. The van der Waals surface area contributed by atoms with E-state index in [0.717, 1.165) is 28.3 Å². The second-order valence-corrected chi connectivity index (χ2v) is 6.71. The number of hydrogen-bond acceptors (Lipinski definition) is 4. The molecule has 0 atom stereocenters. The zero-order valence-corrected chi connectivity index (χ0v) is 15.1. The van der Waals surface area contributed by atoms with E-state index in [4.69, 9.17) is 11.6 Å². The minimum atomic E-state index is -0.0219. The monoisotopic (exact) mass is 364 g/mol. The maximum Gasteiger partial charge on any atom is 0.255 e. The third-order valence-electron chi connectivity index (χ3n) is 4.49. The summed E-state index contributed by atoms with van der Waals surface area (Å²) in [6.45, 7) is 3.02. The van der Waals surface area contributed by atoms with Crippen LogP contribution in [0, 0.1) is 6.92 Å². The van der Waals surface area contributed by atoms with E-state index in [0.29, 0.717) is 30.1 Å². The molecule has 130 valence electrons. The Labute approximate surface area is 156 Å². The normalized spacial score (nSPS) is 13.4. The van der Waals surface area contributed by atoms with E-state index in [-0.39, 0.29) is 5.91 Å². The van der Waals surface area contributed by atoms with Gasteiger partial charge >= 0.3 is 0 Å². The van der Waals surface area contributed by atoms with Crippen molar-refractivity contribution in [3.63, 3.8) is 0 Å². The molecule has 0 saturated heterocycles. The molecule has 0 unspecified atom stereocenters. The third kappa shape index (κ3) is 3.18. The van der Waals surface area contributed by atoms with Crippen LogP contribution in [0.15, 0.2) is 48.8 Å². The summed E-state index contributed by atoms with van der Waals surface area (Å²) in [5, 5.41) is 0.682. The fourth-order valence-corrected chi connectivity index (χ4v) is 3.36. The molecule has 1 aliphatic rings. The lowest BCUT2D eigenvalue weighted by Gasteiger charge is -2.29. The fraction of sp³-hybridized carbons (Fsp3) is 0.200. The lowest BCUT2D eigenvalue weighted by Crippen LogP contribution is -2.37. The molecule has 0 fully saturated rings. The van der Waals surface area contributed by atoms with Gasteiger partial charge in [0.05, 0.1) is 17.0 Å². The summed E-state index contributed by atoms with van der Waals surface area (Å²) in [5.41, 5.74) is 4.45. The highest BCUT2D eigenvalue weighted by molar-refractivity contribution is 6.30. The van der Waals surface area contributed by atoms with Crippen LogP contribution < -0.4 is 0 Å². The van der Waals surface area contributed by atoms with Crippen LogP contribution >= 0.6 is 11.6 Å². The predicted molar refractivity (Wildman–Crippen MR) is 99.9 cm³/mol. The molecule has 1 aliphatic heterocycles. The zero-order valence-electron chi connectivity index (χ0n) is 14.3. The first-order valence-corrected chi connectivity index (χ1v) is 8.81. The number of benzene rings is 1. The molecule has 4 rings (SSSR count). The van der Waals surface area contributed by atoms with Gasteiger partial charge in [0, 0.05) is 48.1 Å². The Hall–Kier alpha value is -2.79. The number of pyridine rings is 1. The van der Waals surface area contributed by atoms with Gasteiger partial charge in [0.1, 0.15) is 5.82 Å². The summed E-state index contributed by atoms with van der Waals surface area (Å²) < 4.78 is 0. The minimum Gasteiger partial charge on any atom is -0.334 e. The van der Waals surface area contributed by atoms with Gasteiger partial charge in [-0.15, -0.1) is 0 Å². The lowest BCUT2D eigenvalue weighted by molar-refractivity contribution is 0.0733. The molecule has 0 aliphatic carbocycles. The van der Waals surface area contributed by atoms with Gasteiger partial charge in [-0.05, 0) is 31.2 Å². The first-order chi connectivity index (χ1) is 12.6. The SMILES string of the molecule is Cc1nc2c(c(-c3ccc(Cl)cc3)n1)CN(C(=O)c1cccnc1)CC2. The van der Waals surface area contributed by atoms with Crippen molar-refractivity contribution < 1.29 is 4.79 Å². The fourth-order valence-electron chi connectivity index (χ4n) is 3.23. The number of carbonyl (C=O) groups is 1. The Bertz CT molecular complexity index is 958. The number of aromatic nitrogens is 3. The second kappa shape index (κ2) is 6.84. The minimum absolute atomic E-state index is 0.0219. The van der Waals surface area contributed by atoms with Gasteiger partial charge in [-0.2, -0.15) is 0 Å². The molecular formula is C20H17ClN4O. The quantitative estimate of drug-likeness (QED) is 0.695. The van der Waals surface area contributed by atoms with Crippen LogP contribution in [0.2, 0.25) is 5.02 Å². The van der Waals surface area contributed by atoms with Gasteiger partial charge in [0.25, 0.3) is 5.91 Å². The summed E-state index contributed by atoms with van der Waals surface area (Å²) >= 11 is 6.01. The van der Waals surface area contributed by atoms with Crippen molar-refractivity contribution in [3.05, 3.63) is 76.5 Å². The summed E-state index contributed by atoms with van der Waals surface area (Å²) in [6, 6.07) is 11.2. The molecule has 6 heteroatoms. The molecule has 3 heterocycles. The number of amides is 1. The molecule has 26 heavy (non-hydrogen) atoms. The van der Waals surface area contributed by atoms with Crippen molar-refractivity contribution in [2.24, 2.45) is 0 Å². The number of halogens is 1. The summed E-state index contributed by atoms with van der Waals surface area (Å²) in [7, 11) is 0. The van der Waals surface area contributed by atoms with Gasteiger partial charge in [-0.3, -0.25) is 9.78 Å². The third-order valence-corrected chi connectivity index (χ3v) is 4.74. The van der Waals surface area contributed by atoms with E-state index in [9.17, 15) is 4.79 Å². The van der Waals surface area contributed by atoms with E-state index in [1.54, 1.807) is 24.5 Å². The molecule has 1 amide bonds. The van der Waals surface area contributed by atoms with Crippen molar-refractivity contribution in [2.45, 2.75) is 19.9 Å². The summed E-state index contributed by atoms with van der Waals surface area (Å²) in [4.78, 5) is 27.9. The topological polar surface area (TPSA) is 59.0 Å². The highest BCUT2D eigenvalue weighted by Crippen LogP contribution is 2.29. The standard InChI is InChI=1S/C20H17ClN4O/c1-13-23-18-8-10-25(20(26)15-3-2-9-22-11-15)12-17(18)19(24-13)14-4-6-16(21)7-5-14/h2-7,9,11H,8,10,12H2,1H3. The molecule has 0 spiro atoms. The molecule has 0 radical (unpaired) electrons. The Kier molecular flexibility index (Phi) is 4.39. The van der Waals surface area contributed by atoms with E-state index < -0.39 is 0 Å². The highest BCUT2D eigenvalue weighted by Gasteiger charge is 2.26. The number of nitrogens with zero attached hydrogens (tertiary/aromatic N) is 4. The first-order valence-electron chi connectivity index (χ1n) is 8.43. The molecule has 0 saturated carbocycles. The van der Waals surface area contributed by atoms with Gasteiger partial charge < -0.3 is 4.90 Å². The molecule has 0 bridgehead atoms. The molecule has 0 N–H and O–H groups in total. The van der Waals surface area contributed by atoms with E-state index >= 15 is 0 Å². The van der Waals surface area contributed by atoms with Gasteiger partial charge in [-0.25, -0.2) is 9.97 Å². The first kappa shape index (κ1) is 16.7. The van der Waals surface area contributed by atoms with Crippen molar-refractivity contribution in [1.82, 2.24) is 19.9 Å². The Balaban J connectivity index is 1.72. The number of aryl methyl sites for hydroxylation is 1. The Morgan fingerprint density at radius 1 is 1.15 bits per heavy atom. The van der Waals surface area contributed by atoms with E-state index in [2.05, 4.69) is 15.0 Å². The Morgan fingerprint density at radius 2 is 1.96 bits per heavy atom. The molecule has 5 nitrogen and oxygen atoms in total. The number of fused-ring (bicyclic) bond motifs is 1. The summed E-state index contributed by atoms with van der Waals surface area (Å²) in [6.07, 6.45) is 3.98. The second-order valence-electron chi connectivity index (χ2n) is 6.27. The highest BCUT2D eigenvalue weighted by atomic mass is 35.5. The van der Waals surface area contributed by atoms with E-state index in [1.807, 2.05) is 36.1 Å². The lowest BCUT2D eigenvalue weighted by atomic mass is 9.98. The van der Waals surface area contributed by atoms with Crippen LogP contribution in [-0.2, 0) is 13.0 Å². The van der Waals surface area contributed by atoms with Crippen LogP contribution in [0.25, 0.3) is 11.3 Å². The number of hydrogen-bond donors (Lipinski definition) is 0. The van der Waals surface area contributed by atoms with E-state index in [1.165, 1.54) is 0 Å². The van der Waals surface area contributed by atoms with Crippen LogP contribution in [0.1, 0.15) is 27.4 Å². The van der Waals surface area contributed by atoms with Crippen LogP contribution in [-0.4, -0.2) is 32.3 Å². The van der Waals surface area contributed by atoms with Crippen LogP contribution in [0.5, 0.6) is 0 Å². The van der Waals surface area contributed by atoms with Crippen molar-refractivity contribution >= 4 is 17.5 Å². The maximum absolute atomic E-state index is 12.8. The van der Waals surface area contributed by atoms with Crippen molar-refractivity contribution in [1.29, 1.82) is 0 Å². The zero-order chi connectivity index (χ0) is 18.1. The van der Waals surface area contributed by atoms with Crippen molar-refractivity contribution in [3.8, 4) is 11.3 Å². The smallest absolute Gasteiger partial charge is 0.255 e. The number of carbonyl (C=O) groups excluding carboxylic acids is 1. The molecular weight excluding hydrogens is 348 g/mol. The largest absolute Gasteiger partial charge is 0.334 e. The van der Waals surface area contributed by atoms with Gasteiger partial charge in [0.15, 0.2) is 0 Å². The predicted octanol–water partition coefficient (Wildman–Crippen LogP) is 3.70. The van der Waals surface area contributed by atoms with Crippen LogP contribution in [0.4, 0.5) is 0 Å². The Morgan fingerprint density at radius 3 is 2.69 bits per heavy atom. The molecule has 1 aromatic carbocycles. The van der Waals surface area contributed by atoms with Crippen LogP contribution in [0.3, 0.4) is 0 Å². The maximum atomic E-state index is 12.8. The number of rotatable bonds is 2. The van der Waals surface area contributed by atoms with Gasteiger partial charge in [-0.1, -0.05) is 23.7 Å². The van der Waals surface area contributed by atoms with Crippen molar-refractivity contribution in [2.75, 3.05) is 6.54 Å². The molecule has 2 aromatic heterocycles. The van der Waals surface area contributed by atoms with Gasteiger partial charge in [0.2, 0.25) is 0 Å². The average Bonchev–Trinajstić information content (AvgIpc) is 2.68. The molecule has 3 aromatic rings. The summed E-state index contributed by atoms with van der Waals surface area (Å²) in [5.74, 6) is 0.715.